The molecule has 0 aliphatic carbocycles. The number of carboxylic acid groups (broad SMARTS) is 1. The van der Waals surface area contributed by atoms with Crippen molar-refractivity contribution >= 4 is 12.0 Å². The number of nitrogens with one attached hydrogen (secondary N) is 3. The summed E-state index contributed by atoms with van der Waals surface area (Å²) in [6.45, 7) is 2.32. The Bertz CT molecular complexity index is 365. The lowest BCUT2D eigenvalue weighted by atomic mass is 10.1. The number of hydrogen-bond acceptors (Lipinski definition) is 4. The third kappa shape index (κ3) is 5.50. The van der Waals surface area contributed by atoms with Crippen molar-refractivity contribution in [3.05, 3.63) is 12.2 Å². The Balaban J connectivity index is 2.15. The van der Waals surface area contributed by atoms with Gasteiger partial charge in [0.1, 0.15) is 12.2 Å². The smallest absolute Gasteiger partial charge is 0.315 e. The summed E-state index contributed by atoms with van der Waals surface area (Å²) in [5.74, 6) is -0.427. The fourth-order valence-corrected chi connectivity index (χ4v) is 1.18. The highest BCUT2D eigenvalue weighted by Crippen LogP contribution is 1.98. The molecule has 1 atom stereocenters. The van der Waals surface area contributed by atoms with Gasteiger partial charge < -0.3 is 15.7 Å². The zero-order valence-electron chi connectivity index (χ0n) is 9.43. The van der Waals surface area contributed by atoms with E-state index in [1.54, 1.807) is 6.92 Å². The predicted octanol–water partition coefficient (Wildman–Crippen LogP) is -0.285. The standard InChI is InChI=1S/C9H15N5O3/c1-6(2-8(15)16)3-10-9(17)11-4-7-12-5-13-14-7/h5-6H,2-4H2,1H3,(H,15,16)(H2,10,11,17)(H,12,13,14). The molecule has 8 nitrogen and oxygen atoms in total. The molecule has 0 bridgehead atoms. The molecule has 94 valence electrons. The van der Waals surface area contributed by atoms with Crippen LogP contribution in [0.2, 0.25) is 0 Å². The van der Waals surface area contributed by atoms with Crippen LogP contribution in [-0.2, 0) is 11.3 Å². The minimum Gasteiger partial charge on any atom is -0.481 e. The summed E-state index contributed by atoms with van der Waals surface area (Å²) < 4.78 is 0. The monoisotopic (exact) mass is 241 g/mol. The lowest BCUT2D eigenvalue weighted by Gasteiger charge is -2.10. The van der Waals surface area contributed by atoms with E-state index in [-0.39, 0.29) is 24.9 Å². The summed E-state index contributed by atoms with van der Waals surface area (Å²) in [4.78, 5) is 25.5. The Hall–Kier alpha value is -2.12. The average molecular weight is 241 g/mol. The van der Waals surface area contributed by atoms with Gasteiger partial charge in [0.15, 0.2) is 0 Å². The van der Waals surface area contributed by atoms with E-state index in [1.165, 1.54) is 6.33 Å². The van der Waals surface area contributed by atoms with Gasteiger partial charge in [-0.2, -0.15) is 5.10 Å². The third-order valence-corrected chi connectivity index (χ3v) is 2.02. The lowest BCUT2D eigenvalue weighted by molar-refractivity contribution is -0.137. The molecule has 2 amide bonds. The highest BCUT2D eigenvalue weighted by molar-refractivity contribution is 5.73. The average Bonchev–Trinajstić information content (AvgIpc) is 2.75. The number of urea groups is 1. The van der Waals surface area contributed by atoms with Gasteiger partial charge in [-0.05, 0) is 5.92 Å². The van der Waals surface area contributed by atoms with Crippen molar-refractivity contribution in [3.63, 3.8) is 0 Å². The van der Waals surface area contributed by atoms with Gasteiger partial charge in [0, 0.05) is 13.0 Å². The molecule has 0 radical (unpaired) electrons. The van der Waals surface area contributed by atoms with Crippen LogP contribution in [-0.4, -0.2) is 38.8 Å². The number of carboxylic acids is 1. The van der Waals surface area contributed by atoms with E-state index < -0.39 is 5.97 Å². The fraction of sp³-hybridized carbons (Fsp3) is 0.556. The first kappa shape index (κ1) is 12.9. The Kier molecular flexibility index (Phi) is 4.92. The van der Waals surface area contributed by atoms with Crippen LogP contribution in [0.3, 0.4) is 0 Å². The van der Waals surface area contributed by atoms with Crippen molar-refractivity contribution in [2.45, 2.75) is 19.9 Å². The maximum absolute atomic E-state index is 11.3. The first-order chi connectivity index (χ1) is 8.08. The van der Waals surface area contributed by atoms with Gasteiger partial charge >= 0.3 is 12.0 Å². The van der Waals surface area contributed by atoms with Crippen LogP contribution in [0.1, 0.15) is 19.2 Å². The Morgan fingerprint density at radius 1 is 1.53 bits per heavy atom. The van der Waals surface area contributed by atoms with Crippen LogP contribution >= 0.6 is 0 Å². The van der Waals surface area contributed by atoms with Crippen molar-refractivity contribution < 1.29 is 14.7 Å². The van der Waals surface area contributed by atoms with Gasteiger partial charge in [-0.15, -0.1) is 0 Å². The van der Waals surface area contributed by atoms with Crippen LogP contribution < -0.4 is 10.6 Å². The number of hydrogen-bond donors (Lipinski definition) is 4. The number of H-pyrrole nitrogens is 1. The highest BCUT2D eigenvalue weighted by atomic mass is 16.4. The molecule has 0 spiro atoms. The molecule has 1 unspecified atom stereocenters. The van der Waals surface area contributed by atoms with Crippen LogP contribution in [0.4, 0.5) is 4.79 Å². The number of aromatic amines is 1. The fourth-order valence-electron chi connectivity index (χ4n) is 1.18. The van der Waals surface area contributed by atoms with Crippen molar-refractivity contribution in [2.24, 2.45) is 5.92 Å². The number of aromatic nitrogens is 3. The molecular formula is C9H15N5O3. The molecule has 1 heterocycles. The maximum atomic E-state index is 11.3. The van der Waals surface area contributed by atoms with Crippen LogP contribution in [0.25, 0.3) is 0 Å². The zero-order valence-corrected chi connectivity index (χ0v) is 9.43. The van der Waals surface area contributed by atoms with E-state index in [4.69, 9.17) is 5.11 Å². The van der Waals surface area contributed by atoms with Gasteiger partial charge in [0.2, 0.25) is 0 Å². The highest BCUT2D eigenvalue weighted by Gasteiger charge is 2.09. The van der Waals surface area contributed by atoms with E-state index in [9.17, 15) is 9.59 Å². The number of amides is 2. The van der Waals surface area contributed by atoms with Crippen LogP contribution in [0.5, 0.6) is 0 Å². The summed E-state index contributed by atoms with van der Waals surface area (Å²) in [6.07, 6.45) is 1.38. The Morgan fingerprint density at radius 3 is 2.88 bits per heavy atom. The molecule has 0 saturated carbocycles. The number of aliphatic carboxylic acids is 1. The zero-order chi connectivity index (χ0) is 12.7. The number of carbonyl (C=O) groups is 2. The van der Waals surface area contributed by atoms with Crippen molar-refractivity contribution in [3.8, 4) is 0 Å². The van der Waals surface area contributed by atoms with Gasteiger partial charge in [-0.1, -0.05) is 6.92 Å². The van der Waals surface area contributed by atoms with E-state index in [1.807, 2.05) is 0 Å². The van der Waals surface area contributed by atoms with Crippen molar-refractivity contribution in [2.75, 3.05) is 6.54 Å². The Labute approximate surface area is 97.8 Å². The van der Waals surface area contributed by atoms with Gasteiger partial charge in [-0.25, -0.2) is 9.78 Å². The third-order valence-electron chi connectivity index (χ3n) is 2.02. The number of carbonyl (C=O) groups excluding carboxylic acids is 1. The molecule has 0 aliphatic heterocycles. The van der Waals surface area contributed by atoms with E-state index in [0.29, 0.717) is 12.4 Å². The number of nitrogens with zero attached hydrogens (tertiary/aromatic N) is 2. The van der Waals surface area contributed by atoms with Crippen LogP contribution in [0, 0.1) is 5.92 Å². The molecule has 1 rings (SSSR count). The molecule has 17 heavy (non-hydrogen) atoms. The largest absolute Gasteiger partial charge is 0.481 e. The summed E-state index contributed by atoms with van der Waals surface area (Å²) in [5.41, 5.74) is 0. The molecule has 0 aromatic carbocycles. The first-order valence-corrected chi connectivity index (χ1v) is 5.15. The summed E-state index contributed by atoms with van der Waals surface area (Å²) in [6, 6.07) is -0.362. The molecule has 0 saturated heterocycles. The molecule has 4 N–H and O–H groups in total. The minimum atomic E-state index is -0.874. The van der Waals surface area contributed by atoms with Crippen molar-refractivity contribution in [1.82, 2.24) is 25.8 Å². The van der Waals surface area contributed by atoms with Gasteiger partial charge in [-0.3, -0.25) is 9.89 Å². The van der Waals surface area contributed by atoms with E-state index in [2.05, 4.69) is 25.8 Å². The second-order valence-corrected chi connectivity index (χ2v) is 3.70. The van der Waals surface area contributed by atoms with E-state index >= 15 is 0 Å². The lowest BCUT2D eigenvalue weighted by Crippen LogP contribution is -2.38. The predicted molar refractivity (Wildman–Crippen MR) is 58.0 cm³/mol. The summed E-state index contributed by atoms with van der Waals surface area (Å²) in [7, 11) is 0. The quantitative estimate of drug-likeness (QED) is 0.545. The van der Waals surface area contributed by atoms with E-state index in [0.717, 1.165) is 0 Å². The second-order valence-electron chi connectivity index (χ2n) is 3.70. The Morgan fingerprint density at radius 2 is 2.29 bits per heavy atom. The van der Waals surface area contributed by atoms with Crippen LogP contribution in [0.15, 0.2) is 6.33 Å². The maximum Gasteiger partial charge on any atom is 0.315 e. The van der Waals surface area contributed by atoms with Gasteiger partial charge in [0.05, 0.1) is 6.54 Å². The number of rotatable bonds is 6. The topological polar surface area (TPSA) is 120 Å². The molecule has 1 aromatic heterocycles. The molecule has 8 heteroatoms. The normalized spacial score (nSPS) is 11.8. The first-order valence-electron chi connectivity index (χ1n) is 5.15. The molecule has 0 aliphatic rings. The molecule has 1 aromatic rings. The second kappa shape index (κ2) is 6.46. The minimum absolute atomic E-state index is 0.0301. The van der Waals surface area contributed by atoms with Gasteiger partial charge in [0.25, 0.3) is 0 Å². The summed E-state index contributed by atoms with van der Waals surface area (Å²) in [5, 5.41) is 19.9. The van der Waals surface area contributed by atoms with Crippen molar-refractivity contribution in [1.29, 1.82) is 0 Å². The molecule has 0 fully saturated rings. The SMILES string of the molecule is CC(CNC(=O)NCc1ncn[nH]1)CC(=O)O. The molecular weight excluding hydrogens is 226 g/mol. The summed E-state index contributed by atoms with van der Waals surface area (Å²) >= 11 is 0.